The van der Waals surface area contributed by atoms with Gasteiger partial charge in [-0.25, -0.2) is 9.97 Å². The first kappa shape index (κ1) is 6.61. The predicted molar refractivity (Wildman–Crippen MR) is 43.6 cm³/mol. The van der Waals surface area contributed by atoms with E-state index >= 15 is 0 Å². The third-order valence-electron chi connectivity index (χ3n) is 1.47. The van der Waals surface area contributed by atoms with Crippen molar-refractivity contribution in [1.82, 2.24) is 15.0 Å². The smallest absolute Gasteiger partial charge is 0.156 e. The molecule has 11 heavy (non-hydrogen) atoms. The number of nitrogens with zero attached hydrogens (tertiary/aromatic N) is 2. The molecular weight excluding hydrogens is 162 g/mol. The second-order valence-corrected chi connectivity index (χ2v) is 2.66. The molecule has 3 nitrogen and oxygen atoms in total. The molecule has 0 radical (unpaired) electrons. The summed E-state index contributed by atoms with van der Waals surface area (Å²) in [6.45, 7) is 1.82. The van der Waals surface area contributed by atoms with Crippen molar-refractivity contribution in [2.75, 3.05) is 0 Å². The van der Waals surface area contributed by atoms with Gasteiger partial charge >= 0.3 is 0 Å². The van der Waals surface area contributed by atoms with Crippen LogP contribution in [0.1, 0.15) is 5.82 Å². The molecule has 1 N–H and O–H groups in total. The van der Waals surface area contributed by atoms with Gasteiger partial charge in [0.05, 0.1) is 5.52 Å². The first-order valence-electron chi connectivity index (χ1n) is 3.24. The van der Waals surface area contributed by atoms with Crippen LogP contribution < -0.4 is 0 Å². The third kappa shape index (κ3) is 0.973. The Morgan fingerprint density at radius 2 is 2.27 bits per heavy atom. The van der Waals surface area contributed by atoms with Gasteiger partial charge in [-0.15, -0.1) is 0 Å². The second kappa shape index (κ2) is 2.20. The summed E-state index contributed by atoms with van der Waals surface area (Å²) in [4.78, 5) is 11.1. The van der Waals surface area contributed by atoms with Gasteiger partial charge in [-0.05, 0) is 13.0 Å². The van der Waals surface area contributed by atoms with Crippen molar-refractivity contribution in [1.29, 1.82) is 0 Å². The van der Waals surface area contributed by atoms with Crippen LogP contribution in [0.15, 0.2) is 12.3 Å². The lowest BCUT2D eigenvalue weighted by Crippen LogP contribution is -1.87. The Balaban J connectivity index is 2.91. The molecule has 0 aliphatic rings. The van der Waals surface area contributed by atoms with Gasteiger partial charge in [0.15, 0.2) is 5.15 Å². The summed E-state index contributed by atoms with van der Waals surface area (Å²) in [5, 5.41) is 0.484. The van der Waals surface area contributed by atoms with E-state index in [9.17, 15) is 0 Å². The molecule has 2 aromatic heterocycles. The van der Waals surface area contributed by atoms with Gasteiger partial charge in [-0.2, -0.15) is 0 Å². The maximum absolute atomic E-state index is 5.82. The summed E-state index contributed by atoms with van der Waals surface area (Å²) in [5.41, 5.74) is 1.67. The highest BCUT2D eigenvalue weighted by molar-refractivity contribution is 6.33. The molecule has 56 valence electrons. The molecule has 2 rings (SSSR count). The van der Waals surface area contributed by atoms with Crippen molar-refractivity contribution in [2.45, 2.75) is 6.92 Å². The van der Waals surface area contributed by atoms with Crippen molar-refractivity contribution in [3.05, 3.63) is 23.2 Å². The largest absolute Gasteiger partial charge is 0.357 e. The van der Waals surface area contributed by atoms with Crippen molar-refractivity contribution in [3.63, 3.8) is 0 Å². The van der Waals surface area contributed by atoms with Gasteiger partial charge in [0.2, 0.25) is 0 Å². The first-order valence-corrected chi connectivity index (χ1v) is 3.62. The molecular formula is C7H6ClN3. The second-order valence-electron chi connectivity index (χ2n) is 2.30. The Kier molecular flexibility index (Phi) is 1.32. The van der Waals surface area contributed by atoms with Gasteiger partial charge in [0.25, 0.3) is 0 Å². The Hall–Kier alpha value is -1.09. The zero-order valence-electron chi connectivity index (χ0n) is 5.93. The minimum absolute atomic E-state index is 0.484. The monoisotopic (exact) mass is 167 g/mol. The molecule has 0 saturated heterocycles. The SMILES string of the molecule is Cc1nc(Cl)c2[nH]ccc2n1. The van der Waals surface area contributed by atoms with Crippen LogP contribution in [0.5, 0.6) is 0 Å². The normalized spacial score (nSPS) is 10.7. The number of aromatic amines is 1. The maximum Gasteiger partial charge on any atom is 0.156 e. The van der Waals surface area contributed by atoms with Crippen LogP contribution in [0.3, 0.4) is 0 Å². The summed E-state index contributed by atoms with van der Waals surface area (Å²) in [5.74, 6) is 0.696. The Morgan fingerprint density at radius 3 is 3.09 bits per heavy atom. The molecule has 2 aromatic rings. The van der Waals surface area contributed by atoms with Crippen LogP contribution in [0.25, 0.3) is 11.0 Å². The Morgan fingerprint density at radius 1 is 1.45 bits per heavy atom. The number of H-pyrrole nitrogens is 1. The van der Waals surface area contributed by atoms with Crippen molar-refractivity contribution >= 4 is 22.6 Å². The summed E-state index contributed by atoms with van der Waals surface area (Å²) >= 11 is 5.82. The van der Waals surface area contributed by atoms with E-state index in [1.54, 1.807) is 6.20 Å². The molecule has 0 aliphatic heterocycles. The van der Waals surface area contributed by atoms with Crippen LogP contribution in [-0.4, -0.2) is 15.0 Å². The van der Waals surface area contributed by atoms with E-state index in [0.717, 1.165) is 11.0 Å². The standard InChI is InChI=1S/C7H6ClN3/c1-4-10-5-2-3-9-6(5)7(8)11-4/h2-3,9H,1H3. The molecule has 4 heteroatoms. The quantitative estimate of drug-likeness (QED) is 0.609. The third-order valence-corrected chi connectivity index (χ3v) is 1.75. The highest BCUT2D eigenvalue weighted by Crippen LogP contribution is 2.17. The van der Waals surface area contributed by atoms with Crippen molar-refractivity contribution in [2.24, 2.45) is 0 Å². The van der Waals surface area contributed by atoms with Crippen LogP contribution in [-0.2, 0) is 0 Å². The molecule has 0 aromatic carbocycles. The average Bonchev–Trinajstić information content (AvgIpc) is 2.34. The summed E-state index contributed by atoms with van der Waals surface area (Å²) in [6.07, 6.45) is 1.80. The molecule has 2 heterocycles. The van der Waals surface area contributed by atoms with E-state index in [0.29, 0.717) is 11.0 Å². The Labute approximate surface area is 68.4 Å². The van der Waals surface area contributed by atoms with Crippen LogP contribution in [0.2, 0.25) is 5.15 Å². The van der Waals surface area contributed by atoms with Crippen molar-refractivity contribution in [3.8, 4) is 0 Å². The fourth-order valence-electron chi connectivity index (χ4n) is 1.02. The van der Waals surface area contributed by atoms with E-state index in [1.165, 1.54) is 0 Å². The lowest BCUT2D eigenvalue weighted by atomic mass is 10.4. The topological polar surface area (TPSA) is 41.6 Å². The highest BCUT2D eigenvalue weighted by Gasteiger charge is 2.02. The molecule has 0 fully saturated rings. The number of rotatable bonds is 0. The fourth-order valence-corrected chi connectivity index (χ4v) is 1.29. The zero-order chi connectivity index (χ0) is 7.84. The van der Waals surface area contributed by atoms with E-state index in [2.05, 4.69) is 15.0 Å². The minimum atomic E-state index is 0.484. The number of aryl methyl sites for hydroxylation is 1. The minimum Gasteiger partial charge on any atom is -0.357 e. The summed E-state index contributed by atoms with van der Waals surface area (Å²) in [6, 6.07) is 1.87. The molecule has 0 spiro atoms. The molecule has 0 unspecified atom stereocenters. The number of hydrogen-bond donors (Lipinski definition) is 1. The maximum atomic E-state index is 5.82. The van der Waals surface area contributed by atoms with Crippen LogP contribution >= 0.6 is 11.6 Å². The van der Waals surface area contributed by atoms with Gasteiger partial charge in [-0.3, -0.25) is 0 Å². The van der Waals surface area contributed by atoms with E-state index < -0.39 is 0 Å². The number of hydrogen-bond acceptors (Lipinski definition) is 2. The van der Waals surface area contributed by atoms with E-state index in [1.807, 2.05) is 13.0 Å². The molecule has 0 bridgehead atoms. The number of fused-ring (bicyclic) bond motifs is 1. The van der Waals surface area contributed by atoms with Crippen LogP contribution in [0.4, 0.5) is 0 Å². The molecule has 0 amide bonds. The molecule has 0 aliphatic carbocycles. The lowest BCUT2D eigenvalue weighted by molar-refractivity contribution is 1.09. The summed E-state index contributed by atoms with van der Waals surface area (Å²) < 4.78 is 0. The van der Waals surface area contributed by atoms with Crippen molar-refractivity contribution < 1.29 is 0 Å². The highest BCUT2D eigenvalue weighted by atomic mass is 35.5. The van der Waals surface area contributed by atoms with Crippen LogP contribution in [0, 0.1) is 6.92 Å². The summed E-state index contributed by atoms with van der Waals surface area (Å²) in [7, 11) is 0. The zero-order valence-corrected chi connectivity index (χ0v) is 6.68. The number of aromatic nitrogens is 3. The van der Waals surface area contributed by atoms with E-state index in [-0.39, 0.29) is 0 Å². The molecule has 0 atom stereocenters. The van der Waals surface area contributed by atoms with E-state index in [4.69, 9.17) is 11.6 Å². The molecule has 0 saturated carbocycles. The van der Waals surface area contributed by atoms with Gasteiger partial charge in [0, 0.05) is 6.20 Å². The van der Waals surface area contributed by atoms with Gasteiger partial charge in [-0.1, -0.05) is 11.6 Å². The average molecular weight is 168 g/mol. The lowest BCUT2D eigenvalue weighted by Gasteiger charge is -1.93. The Bertz CT molecular complexity index is 393. The fraction of sp³-hybridized carbons (Fsp3) is 0.143. The van der Waals surface area contributed by atoms with Gasteiger partial charge < -0.3 is 4.98 Å². The number of nitrogens with one attached hydrogen (secondary N) is 1. The predicted octanol–water partition coefficient (Wildman–Crippen LogP) is 1.92. The van der Waals surface area contributed by atoms with Gasteiger partial charge in [0.1, 0.15) is 11.3 Å². The first-order chi connectivity index (χ1) is 5.27. The number of halogens is 1.